The van der Waals surface area contributed by atoms with Crippen molar-refractivity contribution in [2.45, 2.75) is 0 Å². The number of nitrogen functional groups attached to an aromatic ring is 1. The molecule has 0 spiro atoms. The van der Waals surface area contributed by atoms with Gasteiger partial charge >= 0.3 is 0 Å². The number of rotatable bonds is 4. The Morgan fingerprint density at radius 3 is 2.45 bits per heavy atom. The van der Waals surface area contributed by atoms with E-state index in [-0.39, 0.29) is 5.69 Å². The van der Waals surface area contributed by atoms with E-state index >= 15 is 0 Å². The first kappa shape index (κ1) is 13.5. The molecule has 0 amide bonds. The zero-order valence-corrected chi connectivity index (χ0v) is 10.8. The summed E-state index contributed by atoms with van der Waals surface area (Å²) in [6.45, 7) is 0. The minimum Gasteiger partial charge on any atom is -0.399 e. The van der Waals surface area contributed by atoms with E-state index in [9.17, 15) is 10.1 Å². The van der Waals surface area contributed by atoms with Crippen molar-refractivity contribution in [3.05, 3.63) is 52.6 Å². The first-order valence-corrected chi connectivity index (χ1v) is 5.83. The molecule has 2 aromatic carbocycles. The predicted molar refractivity (Wildman–Crippen MR) is 77.7 cm³/mol. The third-order valence-electron chi connectivity index (χ3n) is 2.62. The minimum absolute atomic E-state index is 0.0207. The maximum Gasteiger partial charge on any atom is 0.269 e. The van der Waals surface area contributed by atoms with E-state index in [2.05, 4.69) is 15.5 Å². The molecule has 2 aromatic rings. The zero-order chi connectivity index (χ0) is 14.5. The summed E-state index contributed by atoms with van der Waals surface area (Å²) >= 11 is 0. The van der Waals surface area contributed by atoms with Gasteiger partial charge in [-0.25, -0.2) is 0 Å². The van der Waals surface area contributed by atoms with E-state index in [1.165, 1.54) is 24.3 Å². The van der Waals surface area contributed by atoms with Gasteiger partial charge in [-0.15, -0.1) is 5.11 Å². The average Bonchev–Trinajstić information content (AvgIpc) is 2.46. The van der Waals surface area contributed by atoms with Crippen LogP contribution in [0.15, 0.2) is 52.7 Å². The first-order chi connectivity index (χ1) is 9.60. The van der Waals surface area contributed by atoms with Crippen LogP contribution in [-0.2, 0) is 0 Å². The van der Waals surface area contributed by atoms with Gasteiger partial charge in [0.1, 0.15) is 5.69 Å². The molecule has 0 heterocycles. The number of hydrogen-bond acceptors (Lipinski definition) is 6. The summed E-state index contributed by atoms with van der Waals surface area (Å²) in [5.74, 6) is 0. The Hall–Kier alpha value is -2.96. The van der Waals surface area contributed by atoms with Gasteiger partial charge in [-0.3, -0.25) is 10.1 Å². The van der Waals surface area contributed by atoms with Crippen molar-refractivity contribution < 1.29 is 4.92 Å². The van der Waals surface area contributed by atoms with Crippen LogP contribution in [0.25, 0.3) is 0 Å². The Labute approximate surface area is 115 Å². The first-order valence-electron chi connectivity index (χ1n) is 5.83. The molecular formula is C13H13N5O2. The third-order valence-corrected chi connectivity index (χ3v) is 2.62. The fourth-order valence-corrected chi connectivity index (χ4v) is 1.59. The molecule has 20 heavy (non-hydrogen) atoms. The van der Waals surface area contributed by atoms with Crippen LogP contribution < -0.4 is 11.1 Å². The molecule has 0 radical (unpaired) electrons. The standard InChI is InChI=1S/C13H13N5O2/c1-15-13-8-9(14)2-7-12(13)17-16-10-3-5-11(6-4-10)18(19)20/h2-8,15H,14H2,1H3. The van der Waals surface area contributed by atoms with Crippen molar-refractivity contribution in [2.24, 2.45) is 10.2 Å². The maximum absolute atomic E-state index is 10.5. The number of benzene rings is 2. The fourth-order valence-electron chi connectivity index (χ4n) is 1.59. The van der Waals surface area contributed by atoms with Crippen LogP contribution in [0.3, 0.4) is 0 Å². The van der Waals surface area contributed by atoms with Crippen molar-refractivity contribution in [2.75, 3.05) is 18.1 Å². The van der Waals surface area contributed by atoms with E-state index in [1.807, 2.05) is 0 Å². The van der Waals surface area contributed by atoms with Crippen molar-refractivity contribution in [1.29, 1.82) is 0 Å². The minimum atomic E-state index is -0.458. The van der Waals surface area contributed by atoms with Gasteiger partial charge in [-0.1, -0.05) is 0 Å². The number of nitrogens with one attached hydrogen (secondary N) is 1. The van der Waals surface area contributed by atoms with Crippen molar-refractivity contribution in [3.63, 3.8) is 0 Å². The van der Waals surface area contributed by atoms with Gasteiger partial charge < -0.3 is 11.1 Å². The zero-order valence-electron chi connectivity index (χ0n) is 10.8. The van der Waals surface area contributed by atoms with Crippen LogP contribution in [0.4, 0.5) is 28.4 Å². The molecule has 0 aliphatic rings. The lowest BCUT2D eigenvalue weighted by Gasteiger charge is -2.04. The number of hydrogen-bond donors (Lipinski definition) is 2. The number of nitrogens with zero attached hydrogens (tertiary/aromatic N) is 3. The molecule has 0 aromatic heterocycles. The summed E-state index contributed by atoms with van der Waals surface area (Å²) in [6.07, 6.45) is 0. The monoisotopic (exact) mass is 271 g/mol. The largest absolute Gasteiger partial charge is 0.399 e. The highest BCUT2D eigenvalue weighted by atomic mass is 16.6. The number of nitro groups is 1. The molecule has 0 atom stereocenters. The maximum atomic E-state index is 10.5. The molecule has 3 N–H and O–H groups in total. The van der Waals surface area contributed by atoms with Gasteiger partial charge in [-0.05, 0) is 30.3 Å². The van der Waals surface area contributed by atoms with E-state index < -0.39 is 4.92 Å². The Morgan fingerprint density at radius 2 is 1.85 bits per heavy atom. The molecule has 0 bridgehead atoms. The summed E-state index contributed by atoms with van der Waals surface area (Å²) in [5.41, 5.74) is 8.26. The fraction of sp³-hybridized carbons (Fsp3) is 0.0769. The SMILES string of the molecule is CNc1cc(N)ccc1N=Nc1ccc([N+](=O)[O-])cc1. The van der Waals surface area contributed by atoms with E-state index in [0.29, 0.717) is 17.1 Å². The Kier molecular flexibility index (Phi) is 3.90. The van der Waals surface area contributed by atoms with Gasteiger partial charge in [0.15, 0.2) is 0 Å². The van der Waals surface area contributed by atoms with E-state index in [1.54, 1.807) is 25.2 Å². The predicted octanol–water partition coefficient (Wildman–Crippen LogP) is 3.63. The highest BCUT2D eigenvalue weighted by Gasteiger charge is 2.04. The average molecular weight is 271 g/mol. The second kappa shape index (κ2) is 5.79. The van der Waals surface area contributed by atoms with Gasteiger partial charge in [0.25, 0.3) is 5.69 Å². The van der Waals surface area contributed by atoms with Crippen LogP contribution in [0, 0.1) is 10.1 Å². The highest BCUT2D eigenvalue weighted by Crippen LogP contribution is 2.29. The molecule has 2 rings (SSSR count). The summed E-state index contributed by atoms with van der Waals surface area (Å²) in [5, 5.41) is 21.6. The van der Waals surface area contributed by atoms with Crippen molar-refractivity contribution >= 4 is 28.4 Å². The Bertz CT molecular complexity index is 652. The molecule has 0 saturated carbocycles. The summed E-state index contributed by atoms with van der Waals surface area (Å²) in [6, 6.07) is 11.1. The topological polar surface area (TPSA) is 106 Å². The Balaban J connectivity index is 2.23. The van der Waals surface area contributed by atoms with Gasteiger partial charge in [0, 0.05) is 24.9 Å². The van der Waals surface area contributed by atoms with Crippen LogP contribution in [0.2, 0.25) is 0 Å². The molecular weight excluding hydrogens is 258 g/mol. The quantitative estimate of drug-likeness (QED) is 0.383. The van der Waals surface area contributed by atoms with Crippen molar-refractivity contribution in [3.8, 4) is 0 Å². The Morgan fingerprint density at radius 1 is 1.15 bits per heavy atom. The van der Waals surface area contributed by atoms with Crippen LogP contribution in [0.1, 0.15) is 0 Å². The number of nitro benzene ring substituents is 1. The number of azo groups is 1. The van der Waals surface area contributed by atoms with Crippen molar-refractivity contribution in [1.82, 2.24) is 0 Å². The van der Waals surface area contributed by atoms with Gasteiger partial charge in [0.05, 0.1) is 16.3 Å². The molecule has 0 aliphatic heterocycles. The highest BCUT2D eigenvalue weighted by molar-refractivity contribution is 5.70. The molecule has 0 aliphatic carbocycles. The number of non-ortho nitro benzene ring substituents is 1. The van der Waals surface area contributed by atoms with Gasteiger partial charge in [-0.2, -0.15) is 5.11 Å². The molecule has 0 saturated heterocycles. The van der Waals surface area contributed by atoms with Crippen LogP contribution in [0.5, 0.6) is 0 Å². The summed E-state index contributed by atoms with van der Waals surface area (Å²) in [7, 11) is 1.76. The molecule has 7 heteroatoms. The smallest absolute Gasteiger partial charge is 0.269 e. The van der Waals surface area contributed by atoms with E-state index in [4.69, 9.17) is 5.73 Å². The lowest BCUT2D eigenvalue weighted by molar-refractivity contribution is -0.384. The van der Waals surface area contributed by atoms with E-state index in [0.717, 1.165) is 5.69 Å². The second-order valence-electron chi connectivity index (χ2n) is 4.00. The van der Waals surface area contributed by atoms with Gasteiger partial charge in [0.2, 0.25) is 0 Å². The molecule has 7 nitrogen and oxygen atoms in total. The second-order valence-corrected chi connectivity index (χ2v) is 4.00. The molecule has 0 unspecified atom stereocenters. The third kappa shape index (κ3) is 3.08. The summed E-state index contributed by atoms with van der Waals surface area (Å²) in [4.78, 5) is 10.1. The number of anilines is 2. The van der Waals surface area contributed by atoms with Crippen LogP contribution in [-0.4, -0.2) is 12.0 Å². The normalized spacial score (nSPS) is 10.7. The molecule has 102 valence electrons. The molecule has 0 fully saturated rings. The lowest BCUT2D eigenvalue weighted by Crippen LogP contribution is -1.91. The lowest BCUT2D eigenvalue weighted by atomic mass is 10.2. The summed E-state index contributed by atoms with van der Waals surface area (Å²) < 4.78 is 0. The number of nitrogens with two attached hydrogens (primary N) is 1. The van der Waals surface area contributed by atoms with Crippen LogP contribution >= 0.6 is 0 Å².